The van der Waals surface area contributed by atoms with Crippen molar-refractivity contribution in [1.29, 1.82) is 0 Å². The zero-order valence-corrected chi connectivity index (χ0v) is 16.2. The van der Waals surface area contributed by atoms with E-state index in [4.69, 9.17) is 5.73 Å². The molecule has 1 rings (SSSR count). The molecular weight excluding hydrogens is 354 g/mol. The smallest absolute Gasteiger partial charge is 0.312 e. The highest BCUT2D eigenvalue weighted by atomic mass is 32.2. The molecule has 8 nitrogen and oxygen atoms in total. The number of nitrogens with one attached hydrogen (secondary N) is 3. The van der Waals surface area contributed by atoms with Gasteiger partial charge >= 0.3 is 6.03 Å². The van der Waals surface area contributed by atoms with Gasteiger partial charge in [0.05, 0.1) is 0 Å². The fourth-order valence-corrected chi connectivity index (χ4v) is 2.84. The van der Waals surface area contributed by atoms with Gasteiger partial charge in [-0.1, -0.05) is 0 Å². The molecule has 0 bridgehead atoms. The molecule has 0 aliphatic carbocycles. The van der Waals surface area contributed by atoms with Crippen molar-refractivity contribution in [2.75, 3.05) is 30.0 Å². The van der Waals surface area contributed by atoms with Gasteiger partial charge in [0.15, 0.2) is 0 Å². The second kappa shape index (κ2) is 11.2. The van der Waals surface area contributed by atoms with Crippen LogP contribution in [0.1, 0.15) is 30.6 Å². The fourth-order valence-electron chi connectivity index (χ4n) is 2.37. The molecule has 4 amide bonds. The van der Waals surface area contributed by atoms with Crippen molar-refractivity contribution in [1.82, 2.24) is 16.2 Å². The Labute approximate surface area is 158 Å². The summed E-state index contributed by atoms with van der Waals surface area (Å²) in [6.07, 6.45) is 2.30. The Morgan fingerprint density at radius 2 is 1.73 bits per heavy atom. The van der Waals surface area contributed by atoms with Crippen LogP contribution in [0.2, 0.25) is 0 Å². The second-order valence-corrected chi connectivity index (χ2v) is 6.49. The molecule has 0 unspecified atom stereocenters. The molecule has 1 aromatic carbocycles. The van der Waals surface area contributed by atoms with Gasteiger partial charge in [-0.2, -0.15) is 11.8 Å². The maximum Gasteiger partial charge on any atom is 0.312 e. The van der Waals surface area contributed by atoms with E-state index in [-0.39, 0.29) is 0 Å². The van der Waals surface area contributed by atoms with Crippen molar-refractivity contribution in [2.24, 2.45) is 5.73 Å². The van der Waals surface area contributed by atoms with Crippen molar-refractivity contribution < 1.29 is 14.4 Å². The van der Waals surface area contributed by atoms with E-state index < -0.39 is 23.9 Å². The highest BCUT2D eigenvalue weighted by molar-refractivity contribution is 7.98. The first-order chi connectivity index (χ1) is 12.4. The van der Waals surface area contributed by atoms with E-state index in [0.29, 0.717) is 17.7 Å². The molecule has 0 heterocycles. The Morgan fingerprint density at radius 3 is 2.23 bits per heavy atom. The number of amides is 4. The molecule has 5 N–H and O–H groups in total. The molecule has 1 atom stereocenters. The van der Waals surface area contributed by atoms with E-state index in [9.17, 15) is 14.4 Å². The number of hydrogen-bond donors (Lipinski definition) is 4. The molecule has 0 saturated carbocycles. The first-order valence-electron chi connectivity index (χ1n) is 8.43. The molecular formula is C17H27N5O3S. The summed E-state index contributed by atoms with van der Waals surface area (Å²) in [7, 11) is 0. The van der Waals surface area contributed by atoms with Crippen molar-refractivity contribution in [3.8, 4) is 0 Å². The Kier molecular flexibility index (Phi) is 9.35. The van der Waals surface area contributed by atoms with Crippen LogP contribution in [-0.4, -0.2) is 49.0 Å². The third-order valence-electron chi connectivity index (χ3n) is 3.80. The zero-order chi connectivity index (χ0) is 19.5. The Hall–Kier alpha value is -2.42. The van der Waals surface area contributed by atoms with E-state index in [2.05, 4.69) is 34.9 Å². The van der Waals surface area contributed by atoms with Crippen molar-refractivity contribution in [3.63, 3.8) is 0 Å². The van der Waals surface area contributed by atoms with Crippen LogP contribution >= 0.6 is 11.8 Å². The van der Waals surface area contributed by atoms with Gasteiger partial charge in [-0.3, -0.25) is 20.4 Å². The van der Waals surface area contributed by atoms with Gasteiger partial charge in [0.2, 0.25) is 0 Å². The summed E-state index contributed by atoms with van der Waals surface area (Å²) in [6, 6.07) is 5.53. The number of hydrogen-bond acceptors (Lipinski definition) is 5. The average molecular weight is 382 g/mol. The van der Waals surface area contributed by atoms with Crippen LogP contribution in [0.25, 0.3) is 0 Å². The number of carbonyl (C=O) groups is 3. The summed E-state index contributed by atoms with van der Waals surface area (Å²) in [5.74, 6) is -0.294. The lowest BCUT2D eigenvalue weighted by Crippen LogP contribution is -2.53. The molecule has 0 aliphatic heterocycles. The SMILES string of the molecule is CCN(CC)c1ccc(C(=O)NNC(=O)[C@@H](CCSC)NC(N)=O)cc1. The normalized spacial score (nSPS) is 11.3. The summed E-state index contributed by atoms with van der Waals surface area (Å²) in [6.45, 7) is 5.88. The maximum absolute atomic E-state index is 12.2. The molecule has 26 heavy (non-hydrogen) atoms. The second-order valence-electron chi connectivity index (χ2n) is 5.51. The molecule has 9 heteroatoms. The summed E-state index contributed by atoms with van der Waals surface area (Å²) in [5, 5.41) is 2.37. The predicted octanol–water partition coefficient (Wildman–Crippen LogP) is 1.08. The highest BCUT2D eigenvalue weighted by Gasteiger charge is 2.20. The van der Waals surface area contributed by atoms with Crippen LogP contribution in [0, 0.1) is 0 Å². The van der Waals surface area contributed by atoms with Gasteiger partial charge in [0, 0.05) is 24.3 Å². The van der Waals surface area contributed by atoms with Gasteiger partial charge in [0.25, 0.3) is 11.8 Å². The highest BCUT2D eigenvalue weighted by Crippen LogP contribution is 2.14. The minimum atomic E-state index is -0.801. The van der Waals surface area contributed by atoms with Crippen LogP contribution in [-0.2, 0) is 4.79 Å². The standard InChI is InChI=1S/C17H27N5O3S/c1-4-22(5-2)13-8-6-12(7-9-13)15(23)20-21-16(24)14(10-11-26-3)19-17(18)25/h6-9,14H,4-5,10-11H2,1-3H3,(H,20,23)(H,21,24)(H3,18,19,25)/t14-/m1/s1. The summed E-state index contributed by atoms with van der Waals surface area (Å²) in [5.41, 5.74) is 11.2. The molecule has 144 valence electrons. The lowest BCUT2D eigenvalue weighted by molar-refractivity contribution is -0.123. The predicted molar refractivity (Wildman–Crippen MR) is 105 cm³/mol. The number of primary amides is 1. The number of rotatable bonds is 9. The molecule has 0 radical (unpaired) electrons. The van der Waals surface area contributed by atoms with Gasteiger partial charge in [-0.15, -0.1) is 0 Å². The van der Waals surface area contributed by atoms with Crippen molar-refractivity contribution in [2.45, 2.75) is 26.3 Å². The number of nitrogens with two attached hydrogens (primary N) is 1. The van der Waals surface area contributed by atoms with Gasteiger partial charge in [-0.05, 0) is 56.5 Å². The molecule has 0 aliphatic rings. The molecule has 0 saturated heterocycles. The van der Waals surface area contributed by atoms with Gasteiger partial charge < -0.3 is 16.0 Å². The Bertz CT molecular complexity index is 605. The number of thioether (sulfide) groups is 1. The van der Waals surface area contributed by atoms with Crippen molar-refractivity contribution in [3.05, 3.63) is 29.8 Å². The fraction of sp³-hybridized carbons (Fsp3) is 0.471. The first kappa shape index (κ1) is 21.6. The summed E-state index contributed by atoms with van der Waals surface area (Å²) >= 11 is 1.54. The number of benzene rings is 1. The molecule has 1 aromatic rings. The van der Waals surface area contributed by atoms with E-state index >= 15 is 0 Å². The summed E-state index contributed by atoms with van der Waals surface area (Å²) < 4.78 is 0. The number of carbonyl (C=O) groups excluding carboxylic acids is 3. The molecule has 0 fully saturated rings. The lowest BCUT2D eigenvalue weighted by atomic mass is 10.2. The lowest BCUT2D eigenvalue weighted by Gasteiger charge is -2.21. The maximum atomic E-state index is 12.2. The van der Waals surface area contributed by atoms with Gasteiger partial charge in [-0.25, -0.2) is 4.79 Å². The van der Waals surface area contributed by atoms with Crippen LogP contribution in [0.15, 0.2) is 24.3 Å². The third kappa shape index (κ3) is 6.83. The van der Waals surface area contributed by atoms with Crippen LogP contribution in [0.5, 0.6) is 0 Å². The molecule has 0 spiro atoms. The largest absolute Gasteiger partial charge is 0.372 e. The number of urea groups is 1. The van der Waals surface area contributed by atoms with E-state index in [1.807, 2.05) is 18.4 Å². The first-order valence-corrected chi connectivity index (χ1v) is 9.82. The number of nitrogens with zero attached hydrogens (tertiary/aromatic N) is 1. The summed E-state index contributed by atoms with van der Waals surface area (Å²) in [4.78, 5) is 37.5. The Morgan fingerprint density at radius 1 is 1.12 bits per heavy atom. The third-order valence-corrected chi connectivity index (χ3v) is 4.44. The quantitative estimate of drug-likeness (QED) is 0.478. The van der Waals surface area contributed by atoms with Crippen LogP contribution in [0.4, 0.5) is 10.5 Å². The number of hydrazine groups is 1. The monoisotopic (exact) mass is 381 g/mol. The zero-order valence-electron chi connectivity index (χ0n) is 15.4. The van der Waals surface area contributed by atoms with Gasteiger partial charge in [0.1, 0.15) is 6.04 Å². The van der Waals surface area contributed by atoms with Crippen LogP contribution in [0.3, 0.4) is 0 Å². The van der Waals surface area contributed by atoms with E-state index in [1.54, 1.807) is 12.1 Å². The van der Waals surface area contributed by atoms with Crippen LogP contribution < -0.4 is 26.8 Å². The average Bonchev–Trinajstić information content (AvgIpc) is 2.64. The topological polar surface area (TPSA) is 117 Å². The van der Waals surface area contributed by atoms with Crippen molar-refractivity contribution >= 4 is 35.3 Å². The van der Waals surface area contributed by atoms with E-state index in [0.717, 1.165) is 18.8 Å². The Balaban J connectivity index is 2.63. The minimum absolute atomic E-state index is 0.407. The number of anilines is 1. The van der Waals surface area contributed by atoms with E-state index in [1.165, 1.54) is 11.8 Å². The minimum Gasteiger partial charge on any atom is -0.372 e. The molecule has 0 aromatic heterocycles.